The number of hydrogen-bond acceptors (Lipinski definition) is 4. The number of nitrogens with one attached hydrogen (secondary N) is 2. The maximum absolute atomic E-state index is 12.5. The van der Waals surface area contributed by atoms with E-state index in [0.717, 1.165) is 38.8 Å². The molecule has 2 heterocycles. The molecule has 1 amide bonds. The van der Waals surface area contributed by atoms with Crippen molar-refractivity contribution in [1.29, 1.82) is 0 Å². The molecule has 1 aliphatic heterocycles. The first-order chi connectivity index (χ1) is 10.7. The molecule has 0 radical (unpaired) electrons. The Hall–Kier alpha value is -2.08. The molecule has 118 valence electrons. The van der Waals surface area contributed by atoms with Crippen molar-refractivity contribution in [2.24, 2.45) is 0 Å². The van der Waals surface area contributed by atoms with Crippen LogP contribution in [0.2, 0.25) is 0 Å². The number of amides is 1. The fourth-order valence-electron chi connectivity index (χ4n) is 3.10. The molecule has 2 aromatic rings. The topological polar surface area (TPSA) is 78.3 Å². The molecule has 1 aromatic heterocycles. The third-order valence-electron chi connectivity index (χ3n) is 4.11. The van der Waals surface area contributed by atoms with Crippen molar-refractivity contribution in [3.63, 3.8) is 0 Å². The Morgan fingerprint density at radius 2 is 2.32 bits per heavy atom. The number of aromatic nitrogens is 1. The summed E-state index contributed by atoms with van der Waals surface area (Å²) < 4.78 is 4.96. The quantitative estimate of drug-likeness (QED) is 0.908. The second-order valence-corrected chi connectivity index (χ2v) is 5.76. The average Bonchev–Trinajstić information content (AvgIpc) is 2.87. The number of nitrogens with zero attached hydrogens (tertiary/aromatic N) is 1. The molecule has 1 aromatic carbocycles. The zero-order valence-corrected chi connectivity index (χ0v) is 12.7. The molecule has 3 rings (SSSR count). The van der Waals surface area contributed by atoms with Crippen molar-refractivity contribution >= 4 is 22.7 Å². The maximum Gasteiger partial charge on any atom is 0.417 e. The van der Waals surface area contributed by atoms with E-state index in [1.807, 2.05) is 0 Å². The van der Waals surface area contributed by atoms with Gasteiger partial charge in [-0.3, -0.25) is 14.7 Å². The van der Waals surface area contributed by atoms with E-state index in [1.165, 1.54) is 0 Å². The van der Waals surface area contributed by atoms with Gasteiger partial charge in [0.1, 0.15) is 0 Å². The molecular weight excluding hydrogens is 282 g/mol. The van der Waals surface area contributed by atoms with Crippen LogP contribution in [0, 0.1) is 0 Å². The van der Waals surface area contributed by atoms with E-state index in [1.54, 1.807) is 18.2 Å². The zero-order chi connectivity index (χ0) is 15.5. The van der Waals surface area contributed by atoms with Gasteiger partial charge in [-0.05, 0) is 50.6 Å². The molecule has 1 fully saturated rings. The van der Waals surface area contributed by atoms with Crippen LogP contribution >= 0.6 is 0 Å². The van der Waals surface area contributed by atoms with Gasteiger partial charge in [-0.1, -0.05) is 13.3 Å². The molecule has 0 aliphatic carbocycles. The monoisotopic (exact) mass is 303 g/mol. The molecule has 1 aliphatic rings. The Balaban J connectivity index is 1.74. The van der Waals surface area contributed by atoms with Crippen LogP contribution in [-0.4, -0.2) is 34.9 Å². The van der Waals surface area contributed by atoms with E-state index in [9.17, 15) is 9.59 Å². The minimum Gasteiger partial charge on any atom is -0.408 e. The average molecular weight is 303 g/mol. The molecule has 0 unspecified atom stereocenters. The summed E-state index contributed by atoms with van der Waals surface area (Å²) in [6, 6.07) is 5.11. The minimum absolute atomic E-state index is 0.0262. The lowest BCUT2D eigenvalue weighted by Gasteiger charge is -2.34. The molecule has 0 bridgehead atoms. The van der Waals surface area contributed by atoms with Crippen LogP contribution in [0.5, 0.6) is 0 Å². The summed E-state index contributed by atoms with van der Waals surface area (Å²) in [5.41, 5.74) is 1.77. The highest BCUT2D eigenvalue weighted by Gasteiger charge is 2.28. The Bertz CT molecular complexity index is 717. The first-order valence-electron chi connectivity index (χ1n) is 7.85. The highest BCUT2D eigenvalue weighted by Crippen LogP contribution is 2.21. The van der Waals surface area contributed by atoms with E-state index in [-0.39, 0.29) is 11.9 Å². The second-order valence-electron chi connectivity index (χ2n) is 5.76. The van der Waals surface area contributed by atoms with Crippen LogP contribution < -0.4 is 11.1 Å². The number of hydrogen-bond donors (Lipinski definition) is 2. The number of benzene rings is 1. The number of oxazole rings is 1. The van der Waals surface area contributed by atoms with Crippen LogP contribution in [0.4, 0.5) is 5.69 Å². The number of rotatable bonds is 4. The molecule has 22 heavy (non-hydrogen) atoms. The summed E-state index contributed by atoms with van der Waals surface area (Å²) in [6.45, 7) is 4.07. The van der Waals surface area contributed by atoms with Gasteiger partial charge in [0.05, 0.1) is 11.6 Å². The Morgan fingerprint density at radius 3 is 3.14 bits per heavy atom. The fourth-order valence-corrected chi connectivity index (χ4v) is 3.10. The number of H-pyrrole nitrogens is 1. The van der Waals surface area contributed by atoms with Crippen molar-refractivity contribution in [1.82, 2.24) is 9.88 Å². The normalized spacial score (nSPS) is 19.4. The smallest absolute Gasteiger partial charge is 0.408 e. The number of carbonyl (C=O) groups is 1. The largest absolute Gasteiger partial charge is 0.417 e. The first-order valence-corrected chi connectivity index (χ1v) is 7.85. The van der Waals surface area contributed by atoms with Gasteiger partial charge in [0.2, 0.25) is 5.91 Å². The number of anilines is 1. The Kier molecular flexibility index (Phi) is 4.29. The van der Waals surface area contributed by atoms with Gasteiger partial charge in [-0.25, -0.2) is 4.79 Å². The third-order valence-corrected chi connectivity index (χ3v) is 4.11. The van der Waals surface area contributed by atoms with Crippen molar-refractivity contribution in [3.05, 3.63) is 28.7 Å². The summed E-state index contributed by atoms with van der Waals surface area (Å²) in [4.78, 5) is 28.6. The van der Waals surface area contributed by atoms with Crippen molar-refractivity contribution in [3.8, 4) is 0 Å². The minimum atomic E-state index is -0.486. The summed E-state index contributed by atoms with van der Waals surface area (Å²) in [6.07, 6.45) is 4.20. The lowest BCUT2D eigenvalue weighted by atomic mass is 10.0. The Labute approximate surface area is 128 Å². The lowest BCUT2D eigenvalue weighted by Crippen LogP contribution is -2.47. The molecule has 6 heteroatoms. The highest BCUT2D eigenvalue weighted by molar-refractivity contribution is 5.96. The summed E-state index contributed by atoms with van der Waals surface area (Å²) >= 11 is 0. The van der Waals surface area contributed by atoms with E-state index in [4.69, 9.17) is 4.42 Å². The van der Waals surface area contributed by atoms with Crippen molar-refractivity contribution in [2.75, 3.05) is 18.4 Å². The number of fused-ring (bicyclic) bond motifs is 1. The van der Waals surface area contributed by atoms with Crippen molar-refractivity contribution in [2.45, 2.75) is 38.6 Å². The number of likely N-dealkylation sites (tertiary alicyclic amines) is 1. The fraction of sp³-hybridized carbons (Fsp3) is 0.500. The van der Waals surface area contributed by atoms with E-state index in [0.29, 0.717) is 16.8 Å². The Morgan fingerprint density at radius 1 is 1.45 bits per heavy atom. The lowest BCUT2D eigenvalue weighted by molar-refractivity contribution is -0.122. The van der Waals surface area contributed by atoms with Crippen LogP contribution in [0.1, 0.15) is 32.6 Å². The summed E-state index contributed by atoms with van der Waals surface area (Å²) in [5.74, 6) is -0.460. The molecule has 0 saturated carbocycles. The van der Waals surface area contributed by atoms with Crippen molar-refractivity contribution < 1.29 is 9.21 Å². The van der Waals surface area contributed by atoms with Gasteiger partial charge < -0.3 is 9.73 Å². The van der Waals surface area contributed by atoms with Gasteiger partial charge in [0.15, 0.2) is 5.58 Å². The number of carbonyl (C=O) groups excluding carboxylic acids is 1. The standard InChI is InChI=1S/C16H21N3O3/c1-2-8-19-9-4-3-5-13(19)15(20)17-11-6-7-14-12(10-11)18-16(21)22-14/h6-7,10,13H,2-5,8-9H2,1H3,(H,17,20)(H,18,21)/t13-/m1/s1. The van der Waals surface area contributed by atoms with Crippen LogP contribution in [0.15, 0.2) is 27.4 Å². The molecule has 6 nitrogen and oxygen atoms in total. The molecule has 2 N–H and O–H groups in total. The SMILES string of the molecule is CCCN1CCCC[C@@H]1C(=O)Nc1ccc2oc(=O)[nH]c2c1. The van der Waals surface area contributed by atoms with E-state index >= 15 is 0 Å². The van der Waals surface area contributed by atoms with Gasteiger partial charge in [0, 0.05) is 5.69 Å². The number of aromatic amines is 1. The highest BCUT2D eigenvalue weighted by atomic mass is 16.4. The second kappa shape index (κ2) is 6.36. The van der Waals surface area contributed by atoms with E-state index < -0.39 is 5.76 Å². The summed E-state index contributed by atoms with van der Waals surface area (Å²) in [7, 11) is 0. The third kappa shape index (κ3) is 3.06. The van der Waals surface area contributed by atoms with E-state index in [2.05, 4.69) is 22.1 Å². The number of piperidine rings is 1. The predicted molar refractivity (Wildman–Crippen MR) is 85.0 cm³/mol. The first kappa shape index (κ1) is 14.8. The predicted octanol–water partition coefficient (Wildman–Crippen LogP) is 2.32. The molecule has 1 atom stereocenters. The molecule has 1 saturated heterocycles. The molecular formula is C16H21N3O3. The van der Waals surface area contributed by atoms with Gasteiger partial charge in [-0.2, -0.15) is 0 Å². The van der Waals surface area contributed by atoms with Crippen LogP contribution in [0.25, 0.3) is 11.1 Å². The maximum atomic E-state index is 12.5. The summed E-state index contributed by atoms with van der Waals surface area (Å²) in [5, 5.41) is 2.96. The molecule has 0 spiro atoms. The van der Waals surface area contributed by atoms with Gasteiger partial charge in [0.25, 0.3) is 0 Å². The van der Waals surface area contributed by atoms with Crippen LogP contribution in [0.3, 0.4) is 0 Å². The van der Waals surface area contributed by atoms with Gasteiger partial charge >= 0.3 is 5.76 Å². The zero-order valence-electron chi connectivity index (χ0n) is 12.7. The van der Waals surface area contributed by atoms with Crippen LogP contribution in [-0.2, 0) is 4.79 Å². The van der Waals surface area contributed by atoms with Gasteiger partial charge in [-0.15, -0.1) is 0 Å².